The minimum absolute atomic E-state index is 0.102. The third-order valence-corrected chi connectivity index (χ3v) is 6.76. The zero-order valence-electron chi connectivity index (χ0n) is 13.2. The number of pyridine rings is 1. The van der Waals surface area contributed by atoms with Crippen molar-refractivity contribution in [2.45, 2.75) is 30.2 Å². The minimum Gasteiger partial charge on any atom is -0.369 e. The van der Waals surface area contributed by atoms with Gasteiger partial charge in [-0.1, -0.05) is 41.4 Å². The Morgan fingerprint density at radius 2 is 1.92 bits per heavy atom. The van der Waals surface area contributed by atoms with Crippen LogP contribution in [0.3, 0.4) is 0 Å². The van der Waals surface area contributed by atoms with E-state index in [4.69, 9.17) is 28.9 Å². The molecule has 1 aromatic heterocycles. The lowest BCUT2D eigenvalue weighted by atomic mass is 9.87. The number of amides is 1. The SMILES string of the molecule is CC1CC(C(N)=O)c2ccccc2N1S(=O)(=O)c1ccc(Cl)nc1Cl. The van der Waals surface area contributed by atoms with Crippen LogP contribution in [0, 0.1) is 0 Å². The molecule has 0 saturated heterocycles. The molecule has 0 spiro atoms. The summed E-state index contributed by atoms with van der Waals surface area (Å²) in [6, 6.07) is 9.02. The lowest BCUT2D eigenvalue weighted by Crippen LogP contribution is -2.45. The molecule has 1 aliphatic heterocycles. The van der Waals surface area contributed by atoms with Crippen molar-refractivity contribution in [1.82, 2.24) is 4.98 Å². The average molecular weight is 400 g/mol. The molecule has 6 nitrogen and oxygen atoms in total. The lowest BCUT2D eigenvalue weighted by Gasteiger charge is -2.38. The lowest BCUT2D eigenvalue weighted by molar-refractivity contribution is -0.119. The Labute approximate surface area is 155 Å². The number of hydrogen-bond acceptors (Lipinski definition) is 4. The van der Waals surface area contributed by atoms with Crippen molar-refractivity contribution in [3.05, 3.63) is 52.3 Å². The first-order valence-corrected chi connectivity index (χ1v) is 9.68. The number of halogens is 2. The van der Waals surface area contributed by atoms with Crippen LogP contribution in [0.15, 0.2) is 41.3 Å². The summed E-state index contributed by atoms with van der Waals surface area (Å²) in [6.07, 6.45) is 0.282. The molecule has 3 rings (SSSR count). The van der Waals surface area contributed by atoms with E-state index in [-0.39, 0.29) is 21.6 Å². The molecular formula is C16H15Cl2N3O3S. The number of primary amides is 1. The number of hydrogen-bond donors (Lipinski definition) is 1. The molecule has 0 aliphatic carbocycles. The van der Waals surface area contributed by atoms with E-state index in [1.807, 2.05) is 0 Å². The number of anilines is 1. The van der Waals surface area contributed by atoms with Gasteiger partial charge < -0.3 is 5.73 Å². The number of benzene rings is 1. The number of rotatable bonds is 3. The number of nitrogens with two attached hydrogens (primary N) is 1. The predicted octanol–water partition coefficient (Wildman–Crippen LogP) is 2.94. The molecule has 0 saturated carbocycles. The molecule has 2 aromatic rings. The molecule has 0 fully saturated rings. The van der Waals surface area contributed by atoms with Crippen LogP contribution >= 0.6 is 23.2 Å². The van der Waals surface area contributed by atoms with Crippen LogP contribution in [-0.2, 0) is 14.8 Å². The van der Waals surface area contributed by atoms with Gasteiger partial charge in [-0.25, -0.2) is 13.4 Å². The van der Waals surface area contributed by atoms with E-state index in [1.54, 1.807) is 31.2 Å². The molecule has 9 heteroatoms. The van der Waals surface area contributed by atoms with E-state index in [1.165, 1.54) is 16.4 Å². The molecule has 132 valence electrons. The van der Waals surface area contributed by atoms with Crippen molar-refractivity contribution < 1.29 is 13.2 Å². The topological polar surface area (TPSA) is 93.4 Å². The predicted molar refractivity (Wildman–Crippen MR) is 96.4 cm³/mol. The summed E-state index contributed by atoms with van der Waals surface area (Å²) in [6.45, 7) is 1.72. The maximum Gasteiger partial charge on any atom is 0.267 e. The van der Waals surface area contributed by atoms with Gasteiger partial charge in [0, 0.05) is 6.04 Å². The fourth-order valence-electron chi connectivity index (χ4n) is 3.12. The minimum atomic E-state index is -3.99. The van der Waals surface area contributed by atoms with E-state index >= 15 is 0 Å². The number of carbonyl (C=O) groups is 1. The summed E-state index contributed by atoms with van der Waals surface area (Å²) in [5.74, 6) is -1.03. The van der Waals surface area contributed by atoms with E-state index in [9.17, 15) is 13.2 Å². The summed E-state index contributed by atoms with van der Waals surface area (Å²) >= 11 is 11.8. The third-order valence-electron chi connectivity index (χ3n) is 4.19. The van der Waals surface area contributed by atoms with Gasteiger partial charge in [-0.15, -0.1) is 0 Å². The monoisotopic (exact) mass is 399 g/mol. The van der Waals surface area contributed by atoms with Gasteiger partial charge in [0.1, 0.15) is 10.0 Å². The summed E-state index contributed by atoms with van der Waals surface area (Å²) in [5, 5.41) is -0.0981. The number of nitrogens with zero attached hydrogens (tertiary/aromatic N) is 2. The fourth-order valence-corrected chi connectivity index (χ4v) is 5.45. The highest BCUT2D eigenvalue weighted by Crippen LogP contribution is 2.41. The smallest absolute Gasteiger partial charge is 0.267 e. The number of para-hydroxylation sites is 1. The van der Waals surface area contributed by atoms with Gasteiger partial charge in [0.05, 0.1) is 11.6 Å². The molecule has 1 aromatic carbocycles. The van der Waals surface area contributed by atoms with Gasteiger partial charge in [0.15, 0.2) is 5.15 Å². The van der Waals surface area contributed by atoms with Gasteiger partial charge in [0.2, 0.25) is 5.91 Å². The molecule has 2 unspecified atom stereocenters. The van der Waals surface area contributed by atoms with Crippen LogP contribution in [0.1, 0.15) is 24.8 Å². The van der Waals surface area contributed by atoms with E-state index < -0.39 is 27.9 Å². The highest BCUT2D eigenvalue weighted by atomic mass is 35.5. The number of carbonyl (C=O) groups excluding carboxylic acids is 1. The van der Waals surface area contributed by atoms with Crippen molar-refractivity contribution in [3.63, 3.8) is 0 Å². The molecular weight excluding hydrogens is 385 g/mol. The fraction of sp³-hybridized carbons (Fsp3) is 0.250. The van der Waals surface area contributed by atoms with Crippen LogP contribution in [0.4, 0.5) is 5.69 Å². The maximum atomic E-state index is 13.2. The Balaban J connectivity index is 2.18. The Hall–Kier alpha value is -1.83. The quantitative estimate of drug-likeness (QED) is 0.802. The van der Waals surface area contributed by atoms with Gasteiger partial charge in [-0.05, 0) is 37.1 Å². The molecule has 0 radical (unpaired) electrons. The van der Waals surface area contributed by atoms with Crippen molar-refractivity contribution in [3.8, 4) is 0 Å². The first-order valence-electron chi connectivity index (χ1n) is 7.48. The van der Waals surface area contributed by atoms with Crippen molar-refractivity contribution in [1.29, 1.82) is 0 Å². The molecule has 2 N–H and O–H groups in total. The Morgan fingerprint density at radius 1 is 1.24 bits per heavy atom. The van der Waals surface area contributed by atoms with Crippen LogP contribution in [0.2, 0.25) is 10.3 Å². The van der Waals surface area contributed by atoms with E-state index in [0.29, 0.717) is 11.3 Å². The van der Waals surface area contributed by atoms with Crippen LogP contribution in [-0.4, -0.2) is 25.4 Å². The zero-order valence-corrected chi connectivity index (χ0v) is 15.5. The van der Waals surface area contributed by atoms with E-state index in [0.717, 1.165) is 0 Å². The second-order valence-electron chi connectivity index (χ2n) is 5.82. The molecule has 0 bridgehead atoms. The van der Waals surface area contributed by atoms with Crippen molar-refractivity contribution in [2.24, 2.45) is 5.73 Å². The standard InChI is InChI=1S/C16H15Cl2N3O3S/c1-9-8-11(16(19)22)10-4-2-3-5-12(10)21(9)25(23,24)13-6-7-14(17)20-15(13)18/h2-7,9,11H,8H2,1H3,(H2,19,22). The molecule has 1 amide bonds. The van der Waals surface area contributed by atoms with Crippen molar-refractivity contribution >= 4 is 44.8 Å². The first-order chi connectivity index (χ1) is 11.7. The normalized spacial score (nSPS) is 20.2. The third kappa shape index (κ3) is 3.07. The van der Waals surface area contributed by atoms with Gasteiger partial charge in [-0.2, -0.15) is 0 Å². The second-order valence-corrected chi connectivity index (χ2v) is 8.35. The average Bonchev–Trinajstić information content (AvgIpc) is 2.53. The van der Waals surface area contributed by atoms with Gasteiger partial charge >= 0.3 is 0 Å². The summed E-state index contributed by atoms with van der Waals surface area (Å²) in [7, 11) is -3.99. The number of fused-ring (bicyclic) bond motifs is 1. The largest absolute Gasteiger partial charge is 0.369 e. The Morgan fingerprint density at radius 3 is 2.56 bits per heavy atom. The number of sulfonamides is 1. The Bertz CT molecular complexity index is 949. The molecule has 1 aliphatic rings. The molecule has 2 heterocycles. The van der Waals surface area contributed by atoms with Crippen LogP contribution in [0.5, 0.6) is 0 Å². The summed E-state index contributed by atoms with van der Waals surface area (Å²) < 4.78 is 27.7. The number of aromatic nitrogens is 1. The van der Waals surface area contributed by atoms with Crippen LogP contribution < -0.4 is 10.0 Å². The first kappa shape index (κ1) is 18.0. The second kappa shape index (κ2) is 6.48. The summed E-state index contributed by atoms with van der Waals surface area (Å²) in [5.41, 5.74) is 6.49. The molecule has 25 heavy (non-hydrogen) atoms. The zero-order chi connectivity index (χ0) is 18.4. The highest BCUT2D eigenvalue weighted by molar-refractivity contribution is 7.93. The Kier molecular flexibility index (Phi) is 4.66. The highest BCUT2D eigenvalue weighted by Gasteiger charge is 2.40. The van der Waals surface area contributed by atoms with Crippen LogP contribution in [0.25, 0.3) is 0 Å². The van der Waals surface area contributed by atoms with E-state index in [2.05, 4.69) is 4.98 Å². The van der Waals surface area contributed by atoms with Gasteiger partial charge in [-0.3, -0.25) is 9.10 Å². The van der Waals surface area contributed by atoms with Gasteiger partial charge in [0.25, 0.3) is 10.0 Å². The molecule has 2 atom stereocenters. The summed E-state index contributed by atoms with van der Waals surface area (Å²) in [4.78, 5) is 15.5. The van der Waals surface area contributed by atoms with Crippen molar-refractivity contribution in [2.75, 3.05) is 4.31 Å². The maximum absolute atomic E-state index is 13.2.